The van der Waals surface area contributed by atoms with Gasteiger partial charge in [0.15, 0.2) is 6.10 Å². The fourth-order valence-corrected chi connectivity index (χ4v) is 11.0. The molecule has 0 amide bonds. The van der Waals surface area contributed by atoms with Crippen LogP contribution in [0.1, 0.15) is 316 Å². The van der Waals surface area contributed by atoms with Gasteiger partial charge in [0.1, 0.15) is 19.8 Å². The Kier molecular flexibility index (Phi) is 67.5. The van der Waals surface area contributed by atoms with Crippen LogP contribution in [-0.2, 0) is 32.7 Å². The van der Waals surface area contributed by atoms with E-state index in [1.54, 1.807) is 0 Å². The predicted octanol–water partition coefficient (Wildman–Crippen LogP) is 24.1. The Balaban J connectivity index is 4.09. The number of quaternary nitrogens is 1. The van der Waals surface area contributed by atoms with Gasteiger partial charge >= 0.3 is 11.9 Å². The van der Waals surface area contributed by atoms with Crippen LogP contribution in [0.25, 0.3) is 0 Å². The zero-order chi connectivity index (χ0) is 66.2. The summed E-state index contributed by atoms with van der Waals surface area (Å²) in [6, 6.07) is 0. The molecule has 0 N–H and O–H groups in total. The van der Waals surface area contributed by atoms with Crippen LogP contribution >= 0.6 is 7.82 Å². The molecule has 0 aliphatic rings. The second-order valence-corrected chi connectivity index (χ2v) is 27.3. The van der Waals surface area contributed by atoms with Crippen molar-refractivity contribution in [2.75, 3.05) is 47.5 Å². The summed E-state index contributed by atoms with van der Waals surface area (Å²) in [7, 11) is 1.15. The van der Waals surface area contributed by atoms with E-state index in [2.05, 4.69) is 148 Å². The second-order valence-electron chi connectivity index (χ2n) is 25.9. The number of allylic oxidation sites excluding steroid dienone is 22. The van der Waals surface area contributed by atoms with E-state index >= 15 is 0 Å². The van der Waals surface area contributed by atoms with Crippen molar-refractivity contribution in [2.24, 2.45) is 0 Å². The molecule has 0 heterocycles. The molecule has 0 aliphatic carbocycles. The Morgan fingerprint density at radius 3 is 0.934 bits per heavy atom. The highest BCUT2D eigenvalue weighted by Crippen LogP contribution is 2.38. The Labute approximate surface area is 561 Å². The highest BCUT2D eigenvalue weighted by atomic mass is 31.2. The molecule has 0 saturated heterocycles. The molecule has 91 heavy (non-hydrogen) atoms. The lowest BCUT2D eigenvalue weighted by Crippen LogP contribution is -2.37. The van der Waals surface area contributed by atoms with E-state index in [0.717, 1.165) is 122 Å². The largest absolute Gasteiger partial charge is 0.756 e. The molecule has 0 bridgehead atoms. The van der Waals surface area contributed by atoms with Crippen LogP contribution in [0.4, 0.5) is 0 Å². The van der Waals surface area contributed by atoms with Crippen molar-refractivity contribution in [1.82, 2.24) is 0 Å². The predicted molar refractivity (Wildman–Crippen MR) is 392 cm³/mol. The Hall–Kier alpha value is -3.85. The summed E-state index contributed by atoms with van der Waals surface area (Å²) in [5.74, 6) is -0.841. The maximum atomic E-state index is 12.9. The molecule has 2 unspecified atom stereocenters. The lowest BCUT2D eigenvalue weighted by molar-refractivity contribution is -0.870. The van der Waals surface area contributed by atoms with Gasteiger partial charge in [-0.25, -0.2) is 0 Å². The molecule has 0 saturated carbocycles. The molecule has 0 aromatic heterocycles. The number of nitrogens with zero attached hydrogens (tertiary/aromatic N) is 1. The molecule has 2 atom stereocenters. The molecule has 9 nitrogen and oxygen atoms in total. The number of hydrogen-bond acceptors (Lipinski definition) is 8. The first-order chi connectivity index (χ1) is 44.5. The number of phosphoric acid groups is 1. The van der Waals surface area contributed by atoms with Gasteiger partial charge in [-0.05, 0) is 96.3 Å². The third-order valence-corrected chi connectivity index (χ3v) is 16.9. The maximum Gasteiger partial charge on any atom is 0.306 e. The molecule has 0 radical (unpaired) electrons. The minimum Gasteiger partial charge on any atom is -0.756 e. The minimum absolute atomic E-state index is 0.0376. The molecule has 0 spiro atoms. The van der Waals surface area contributed by atoms with Crippen LogP contribution < -0.4 is 4.89 Å². The van der Waals surface area contributed by atoms with Crippen molar-refractivity contribution in [2.45, 2.75) is 322 Å². The molecule has 0 aliphatic heterocycles. The lowest BCUT2D eigenvalue weighted by Gasteiger charge is -2.28. The number of rotatable bonds is 68. The topological polar surface area (TPSA) is 111 Å². The fraction of sp³-hybridized carbons (Fsp3) is 0.704. The van der Waals surface area contributed by atoms with Crippen molar-refractivity contribution < 1.29 is 42.1 Å². The van der Waals surface area contributed by atoms with E-state index in [0.29, 0.717) is 17.4 Å². The van der Waals surface area contributed by atoms with Crippen molar-refractivity contribution in [3.05, 3.63) is 134 Å². The van der Waals surface area contributed by atoms with Gasteiger partial charge in [-0.2, -0.15) is 0 Å². The smallest absolute Gasteiger partial charge is 0.306 e. The number of unbranched alkanes of at least 4 members (excludes halogenated alkanes) is 32. The lowest BCUT2D eigenvalue weighted by atomic mass is 10.0. The van der Waals surface area contributed by atoms with E-state index < -0.39 is 26.5 Å². The van der Waals surface area contributed by atoms with Crippen LogP contribution in [0.15, 0.2) is 134 Å². The molecular weight excluding hydrogens is 1150 g/mol. The summed E-state index contributed by atoms with van der Waals surface area (Å²) < 4.78 is 34.3. The highest BCUT2D eigenvalue weighted by molar-refractivity contribution is 7.45. The molecular formula is C81H140NO8P. The number of likely N-dealkylation sites (N-methyl/N-ethyl adjacent to an activating group) is 1. The van der Waals surface area contributed by atoms with Crippen LogP contribution in [0.5, 0.6) is 0 Å². The van der Waals surface area contributed by atoms with Gasteiger partial charge in [0.2, 0.25) is 0 Å². The summed E-state index contributed by atoms with van der Waals surface area (Å²) in [6.07, 6.45) is 103. The molecule has 522 valence electrons. The number of phosphoric ester groups is 1. The summed E-state index contributed by atoms with van der Waals surface area (Å²) in [4.78, 5) is 38.1. The van der Waals surface area contributed by atoms with Crippen LogP contribution in [0, 0.1) is 0 Å². The summed E-state index contributed by atoms with van der Waals surface area (Å²) >= 11 is 0. The SMILES string of the molecule is CC/C=C\C/C=C\C/C=C\C/C=C\C/C=C\C/C=C\C/C=C\C/C=C\C/C=C\C/C=C\C/C=C\CCCCCCCCCC(=O)OC(COC(=O)CCCCCCCCCCCCCCCCCCCCCCCCCCCC)COP(=O)([O-])OCC[N+](C)(C)C. The first-order valence-electron chi connectivity index (χ1n) is 37.4. The third kappa shape index (κ3) is 75.1. The van der Waals surface area contributed by atoms with E-state index in [1.165, 1.54) is 161 Å². The first-order valence-corrected chi connectivity index (χ1v) is 38.9. The van der Waals surface area contributed by atoms with Crippen molar-refractivity contribution in [1.29, 1.82) is 0 Å². The van der Waals surface area contributed by atoms with E-state index in [1.807, 2.05) is 21.1 Å². The zero-order valence-corrected chi connectivity index (χ0v) is 60.4. The van der Waals surface area contributed by atoms with Crippen LogP contribution in [0.2, 0.25) is 0 Å². The molecule has 0 fully saturated rings. The number of esters is 2. The van der Waals surface area contributed by atoms with Gasteiger partial charge in [-0.1, -0.05) is 340 Å². The van der Waals surface area contributed by atoms with Gasteiger partial charge in [0.05, 0.1) is 27.7 Å². The Morgan fingerprint density at radius 2 is 0.626 bits per heavy atom. The number of carbonyl (C=O) groups is 2. The number of hydrogen-bond donors (Lipinski definition) is 0. The van der Waals surface area contributed by atoms with E-state index in [-0.39, 0.29) is 32.0 Å². The van der Waals surface area contributed by atoms with E-state index in [9.17, 15) is 19.0 Å². The molecule has 0 aromatic carbocycles. The average Bonchev–Trinajstić information content (AvgIpc) is 3.69. The van der Waals surface area contributed by atoms with Crippen molar-refractivity contribution in [3.63, 3.8) is 0 Å². The van der Waals surface area contributed by atoms with Crippen molar-refractivity contribution >= 4 is 19.8 Å². The maximum absolute atomic E-state index is 12.9. The van der Waals surface area contributed by atoms with Crippen LogP contribution in [-0.4, -0.2) is 70.0 Å². The van der Waals surface area contributed by atoms with E-state index in [4.69, 9.17) is 18.5 Å². The molecule has 0 aromatic rings. The molecule has 10 heteroatoms. The Morgan fingerprint density at radius 1 is 0.352 bits per heavy atom. The first kappa shape index (κ1) is 87.2. The van der Waals surface area contributed by atoms with Gasteiger partial charge in [0, 0.05) is 12.8 Å². The monoisotopic (exact) mass is 1290 g/mol. The van der Waals surface area contributed by atoms with Gasteiger partial charge in [-0.3, -0.25) is 14.2 Å². The third-order valence-electron chi connectivity index (χ3n) is 15.9. The summed E-state index contributed by atoms with van der Waals surface area (Å²) in [6.45, 7) is 4.14. The standard InChI is InChI=1S/C81H140NO8P/c1-6-8-10-12-14-16-18-20-22-24-26-28-30-32-34-35-36-37-38-39-40-41-42-43-44-45-46-47-48-50-52-54-56-58-60-62-64-66-68-70-72-74-81(84)90-79(78-89-91(85,86)88-76-75-82(3,4)5)77-87-80(83)73-71-69-67-65-63-61-59-57-55-53-51-49-33-31-29-27-25-23-21-19-17-15-13-11-9-7-2/h8,10,14,16,20,22,26,28,32,34,36-37,39-40,42-43,45-46,48,50,54,56,79H,6-7,9,11-13,15,17-19,21,23-25,27,29-31,33,35,38,41,44,47,49,51-53,55,57-78H2,1-5H3/b10-8-,16-14-,22-20-,28-26-,34-32-,37-36-,40-39-,43-42-,46-45-,50-48-,56-54-. The number of carbonyl (C=O) groups excluding carboxylic acids is 2. The normalized spacial score (nSPS) is 13.9. The fourth-order valence-electron chi connectivity index (χ4n) is 10.3. The average molecular weight is 1290 g/mol. The van der Waals surface area contributed by atoms with Gasteiger partial charge in [0.25, 0.3) is 7.82 Å². The van der Waals surface area contributed by atoms with Gasteiger partial charge in [-0.15, -0.1) is 0 Å². The minimum atomic E-state index is -4.65. The van der Waals surface area contributed by atoms with Gasteiger partial charge < -0.3 is 27.9 Å². The molecule has 0 rings (SSSR count). The summed E-state index contributed by atoms with van der Waals surface area (Å²) in [5.41, 5.74) is 0. The Bertz CT molecular complexity index is 2000. The zero-order valence-electron chi connectivity index (χ0n) is 59.5. The highest BCUT2D eigenvalue weighted by Gasteiger charge is 2.22. The quantitative estimate of drug-likeness (QED) is 0.0195. The van der Waals surface area contributed by atoms with Crippen LogP contribution in [0.3, 0.4) is 0 Å². The number of ether oxygens (including phenoxy) is 2. The summed E-state index contributed by atoms with van der Waals surface area (Å²) in [5, 5.41) is 0. The van der Waals surface area contributed by atoms with Crippen molar-refractivity contribution in [3.8, 4) is 0 Å². The second kappa shape index (κ2) is 70.5.